The third-order valence-electron chi connectivity index (χ3n) is 3.33. The van der Waals surface area contributed by atoms with E-state index in [1.807, 2.05) is 35.2 Å². The number of carbonyl (C=O) groups is 1. The number of hydrogen-bond acceptors (Lipinski definition) is 3. The highest BCUT2D eigenvalue weighted by Gasteiger charge is 2.23. The quantitative estimate of drug-likeness (QED) is 0.914. The van der Waals surface area contributed by atoms with Crippen molar-refractivity contribution in [3.05, 3.63) is 48.4 Å². The molecule has 0 atom stereocenters. The Bertz CT molecular complexity index is 563. The Morgan fingerprint density at radius 2 is 2.16 bits per heavy atom. The van der Waals surface area contributed by atoms with Gasteiger partial charge in [-0.25, -0.2) is 0 Å². The summed E-state index contributed by atoms with van der Waals surface area (Å²) in [6.07, 6.45) is 4.97. The standard InChI is InChI=1S/C15H16N2O2/c18-15-6-3-8-17(15)14-5-2-1-4-13(14)16-10-12-7-9-19-11-12/h1-2,4-5,7,9,11,16H,3,6,8,10H2. The van der Waals surface area contributed by atoms with Gasteiger partial charge in [0.25, 0.3) is 0 Å². The molecule has 3 rings (SSSR count). The second kappa shape index (κ2) is 5.18. The van der Waals surface area contributed by atoms with E-state index in [0.29, 0.717) is 13.0 Å². The van der Waals surface area contributed by atoms with E-state index < -0.39 is 0 Å². The number of nitrogens with zero attached hydrogens (tertiary/aromatic N) is 1. The van der Waals surface area contributed by atoms with Crippen molar-refractivity contribution < 1.29 is 9.21 Å². The summed E-state index contributed by atoms with van der Waals surface area (Å²) in [6.45, 7) is 1.50. The lowest BCUT2D eigenvalue weighted by Gasteiger charge is -2.20. The summed E-state index contributed by atoms with van der Waals surface area (Å²) < 4.78 is 5.05. The summed E-state index contributed by atoms with van der Waals surface area (Å²) >= 11 is 0. The molecule has 1 aromatic heterocycles. The third-order valence-corrected chi connectivity index (χ3v) is 3.33. The molecule has 0 aliphatic carbocycles. The molecule has 1 fully saturated rings. The lowest BCUT2D eigenvalue weighted by atomic mass is 10.2. The van der Waals surface area contributed by atoms with Gasteiger partial charge in [0.15, 0.2) is 0 Å². The number of carbonyl (C=O) groups excluding carboxylic acids is 1. The molecule has 1 amide bonds. The average molecular weight is 256 g/mol. The van der Waals surface area contributed by atoms with Crippen molar-refractivity contribution in [1.82, 2.24) is 0 Å². The highest BCUT2D eigenvalue weighted by Crippen LogP contribution is 2.29. The van der Waals surface area contributed by atoms with Gasteiger partial charge in [0.05, 0.1) is 23.9 Å². The van der Waals surface area contributed by atoms with Gasteiger partial charge in [0.1, 0.15) is 0 Å². The molecule has 1 aliphatic rings. The maximum Gasteiger partial charge on any atom is 0.227 e. The maximum atomic E-state index is 11.8. The molecule has 1 aliphatic heterocycles. The Morgan fingerprint density at radius 1 is 1.26 bits per heavy atom. The van der Waals surface area contributed by atoms with Crippen molar-refractivity contribution in [1.29, 1.82) is 0 Å². The minimum atomic E-state index is 0.206. The number of anilines is 2. The van der Waals surface area contributed by atoms with E-state index in [1.165, 1.54) is 0 Å². The van der Waals surface area contributed by atoms with E-state index in [2.05, 4.69) is 5.32 Å². The summed E-state index contributed by atoms with van der Waals surface area (Å²) in [4.78, 5) is 13.7. The molecule has 0 radical (unpaired) electrons. The molecule has 98 valence electrons. The van der Waals surface area contributed by atoms with Gasteiger partial charge in [0, 0.05) is 25.1 Å². The summed E-state index contributed by atoms with van der Waals surface area (Å²) in [5.41, 5.74) is 3.04. The SMILES string of the molecule is O=C1CCCN1c1ccccc1NCc1ccoc1. The number of benzene rings is 1. The fourth-order valence-corrected chi connectivity index (χ4v) is 2.35. The second-order valence-corrected chi connectivity index (χ2v) is 4.65. The van der Waals surface area contributed by atoms with E-state index >= 15 is 0 Å². The first kappa shape index (κ1) is 11.8. The first-order valence-corrected chi connectivity index (χ1v) is 6.49. The third kappa shape index (κ3) is 2.47. The topological polar surface area (TPSA) is 45.5 Å². The molecule has 1 saturated heterocycles. The molecule has 4 nitrogen and oxygen atoms in total. The number of amides is 1. The van der Waals surface area contributed by atoms with Crippen LogP contribution in [0.1, 0.15) is 18.4 Å². The molecule has 1 N–H and O–H groups in total. The van der Waals surface area contributed by atoms with E-state index in [-0.39, 0.29) is 5.91 Å². The Morgan fingerprint density at radius 3 is 2.89 bits per heavy atom. The van der Waals surface area contributed by atoms with Crippen LogP contribution in [0.15, 0.2) is 47.3 Å². The van der Waals surface area contributed by atoms with Crippen LogP contribution in [0.4, 0.5) is 11.4 Å². The van der Waals surface area contributed by atoms with Gasteiger partial charge in [-0.15, -0.1) is 0 Å². The van der Waals surface area contributed by atoms with Gasteiger partial charge >= 0.3 is 0 Å². The van der Waals surface area contributed by atoms with Crippen LogP contribution < -0.4 is 10.2 Å². The first-order valence-electron chi connectivity index (χ1n) is 6.49. The maximum absolute atomic E-state index is 11.8. The normalized spacial score (nSPS) is 14.9. The van der Waals surface area contributed by atoms with Crippen molar-refractivity contribution >= 4 is 17.3 Å². The summed E-state index contributed by atoms with van der Waals surface area (Å²) in [5.74, 6) is 0.206. The molecule has 0 spiro atoms. The highest BCUT2D eigenvalue weighted by atomic mass is 16.3. The lowest BCUT2D eigenvalue weighted by molar-refractivity contribution is -0.117. The van der Waals surface area contributed by atoms with Crippen LogP contribution in [-0.4, -0.2) is 12.5 Å². The van der Waals surface area contributed by atoms with Crippen LogP contribution in [0.3, 0.4) is 0 Å². The predicted octanol–water partition coefficient (Wildman–Crippen LogP) is 3.02. The van der Waals surface area contributed by atoms with Crippen LogP contribution in [-0.2, 0) is 11.3 Å². The molecule has 2 aromatic rings. The Kier molecular flexibility index (Phi) is 3.23. The summed E-state index contributed by atoms with van der Waals surface area (Å²) in [7, 11) is 0. The minimum Gasteiger partial charge on any atom is -0.472 e. The summed E-state index contributed by atoms with van der Waals surface area (Å²) in [6, 6.07) is 9.85. The lowest BCUT2D eigenvalue weighted by Crippen LogP contribution is -2.24. The smallest absolute Gasteiger partial charge is 0.227 e. The van der Waals surface area contributed by atoms with Crippen molar-refractivity contribution in [3.63, 3.8) is 0 Å². The van der Waals surface area contributed by atoms with Gasteiger partial charge in [-0.3, -0.25) is 4.79 Å². The highest BCUT2D eigenvalue weighted by molar-refractivity contribution is 5.98. The molecule has 0 saturated carbocycles. The molecule has 2 heterocycles. The first-order chi connectivity index (χ1) is 9.34. The van der Waals surface area contributed by atoms with Crippen LogP contribution in [0.2, 0.25) is 0 Å². The van der Waals surface area contributed by atoms with Gasteiger partial charge in [0.2, 0.25) is 5.91 Å². The zero-order valence-corrected chi connectivity index (χ0v) is 10.6. The Labute approximate surface area is 112 Å². The second-order valence-electron chi connectivity index (χ2n) is 4.65. The number of rotatable bonds is 4. The summed E-state index contributed by atoms with van der Waals surface area (Å²) in [5, 5.41) is 3.36. The fraction of sp³-hybridized carbons (Fsp3) is 0.267. The molecule has 19 heavy (non-hydrogen) atoms. The van der Waals surface area contributed by atoms with Gasteiger partial charge < -0.3 is 14.6 Å². The monoisotopic (exact) mass is 256 g/mol. The number of para-hydroxylation sites is 2. The largest absolute Gasteiger partial charge is 0.472 e. The number of hydrogen-bond donors (Lipinski definition) is 1. The van der Waals surface area contributed by atoms with Gasteiger partial charge in [-0.05, 0) is 24.6 Å². The van der Waals surface area contributed by atoms with Crippen LogP contribution >= 0.6 is 0 Å². The van der Waals surface area contributed by atoms with Crippen LogP contribution in [0, 0.1) is 0 Å². The van der Waals surface area contributed by atoms with Crippen molar-refractivity contribution in [3.8, 4) is 0 Å². The van der Waals surface area contributed by atoms with E-state index in [0.717, 1.165) is 29.9 Å². The van der Waals surface area contributed by atoms with Crippen molar-refractivity contribution in [2.45, 2.75) is 19.4 Å². The molecule has 1 aromatic carbocycles. The number of furan rings is 1. The predicted molar refractivity (Wildman–Crippen MR) is 74.1 cm³/mol. The minimum absolute atomic E-state index is 0.206. The molecular formula is C15H16N2O2. The van der Waals surface area contributed by atoms with Crippen molar-refractivity contribution in [2.24, 2.45) is 0 Å². The zero-order chi connectivity index (χ0) is 13.1. The van der Waals surface area contributed by atoms with Gasteiger partial charge in [-0.2, -0.15) is 0 Å². The van der Waals surface area contributed by atoms with E-state index in [4.69, 9.17) is 4.42 Å². The zero-order valence-electron chi connectivity index (χ0n) is 10.6. The Balaban J connectivity index is 1.79. The number of nitrogens with one attached hydrogen (secondary N) is 1. The molecule has 4 heteroatoms. The van der Waals surface area contributed by atoms with Crippen LogP contribution in [0.5, 0.6) is 0 Å². The molecule has 0 unspecified atom stereocenters. The molecule has 0 bridgehead atoms. The Hall–Kier alpha value is -2.23. The van der Waals surface area contributed by atoms with Gasteiger partial charge in [-0.1, -0.05) is 12.1 Å². The van der Waals surface area contributed by atoms with E-state index in [9.17, 15) is 4.79 Å². The fourth-order valence-electron chi connectivity index (χ4n) is 2.35. The molecular weight excluding hydrogens is 240 g/mol. The van der Waals surface area contributed by atoms with Crippen molar-refractivity contribution in [2.75, 3.05) is 16.8 Å². The van der Waals surface area contributed by atoms with Crippen LogP contribution in [0.25, 0.3) is 0 Å². The average Bonchev–Trinajstić information content (AvgIpc) is 3.08. The van der Waals surface area contributed by atoms with E-state index in [1.54, 1.807) is 12.5 Å².